The first-order valence-electron chi connectivity index (χ1n) is 8.96. The van der Waals surface area contributed by atoms with Crippen LogP contribution in [0.3, 0.4) is 0 Å². The van der Waals surface area contributed by atoms with Crippen molar-refractivity contribution in [3.63, 3.8) is 0 Å². The highest BCUT2D eigenvalue weighted by Gasteiger charge is 2.39. The molecule has 1 atom stereocenters. The van der Waals surface area contributed by atoms with E-state index in [9.17, 15) is 9.59 Å². The van der Waals surface area contributed by atoms with E-state index in [0.29, 0.717) is 11.4 Å². The number of nitrogens with one attached hydrogen (secondary N) is 1. The molecule has 1 saturated heterocycles. The second-order valence-corrected chi connectivity index (χ2v) is 6.39. The van der Waals surface area contributed by atoms with E-state index in [2.05, 4.69) is 15.5 Å². The quantitative estimate of drug-likeness (QED) is 0.515. The number of carbonyl (C=O) groups excluding carboxylic acids is 2. The third-order valence-electron chi connectivity index (χ3n) is 4.41. The average molecular weight is 370 g/mol. The van der Waals surface area contributed by atoms with Gasteiger partial charge in [0.25, 0.3) is 5.91 Å². The van der Waals surface area contributed by atoms with E-state index in [0.717, 1.165) is 11.4 Å². The number of nitrogens with zero attached hydrogens (tertiary/aromatic N) is 3. The van der Waals surface area contributed by atoms with Gasteiger partial charge in [0.15, 0.2) is 0 Å². The normalized spacial score (nSPS) is 16.7. The topological polar surface area (TPSA) is 74.1 Å². The molecule has 1 heterocycles. The molecule has 0 aromatic heterocycles. The molecule has 4 rings (SSSR count). The zero-order valence-corrected chi connectivity index (χ0v) is 15.0. The van der Waals surface area contributed by atoms with Gasteiger partial charge in [-0.3, -0.25) is 9.59 Å². The Balaban J connectivity index is 1.47. The Morgan fingerprint density at radius 2 is 1.32 bits per heavy atom. The molecule has 3 aromatic carbocycles. The molecule has 0 radical (unpaired) electrons. The predicted molar refractivity (Wildman–Crippen MR) is 108 cm³/mol. The van der Waals surface area contributed by atoms with Crippen LogP contribution >= 0.6 is 0 Å². The fourth-order valence-corrected chi connectivity index (χ4v) is 3.03. The minimum atomic E-state index is -0.563. The molecule has 1 N–H and O–H groups in total. The lowest BCUT2D eigenvalue weighted by atomic mass is 10.2. The molecule has 0 spiro atoms. The Labute approximate surface area is 162 Å². The van der Waals surface area contributed by atoms with Crippen molar-refractivity contribution in [2.45, 2.75) is 12.5 Å². The standard InChI is InChI=1S/C22H18N4O2/c27-21-15-20(23-16-7-3-1-4-8-16)22(28)26(21)19-13-11-18(12-14-19)25-24-17-9-5-2-6-10-17/h1-14,20,23H,15H2/t20-/m1/s1. The summed E-state index contributed by atoms with van der Waals surface area (Å²) in [6, 6.07) is 25.1. The van der Waals surface area contributed by atoms with E-state index >= 15 is 0 Å². The number of para-hydroxylation sites is 1. The van der Waals surface area contributed by atoms with Crippen molar-refractivity contribution in [3.8, 4) is 0 Å². The summed E-state index contributed by atoms with van der Waals surface area (Å²) in [7, 11) is 0. The van der Waals surface area contributed by atoms with Crippen molar-refractivity contribution in [3.05, 3.63) is 84.9 Å². The number of amides is 2. The summed E-state index contributed by atoms with van der Waals surface area (Å²) in [4.78, 5) is 26.3. The van der Waals surface area contributed by atoms with Gasteiger partial charge in [-0.15, -0.1) is 0 Å². The SMILES string of the molecule is O=C1C[C@@H](Nc2ccccc2)C(=O)N1c1ccc(N=Nc2ccccc2)cc1. The Morgan fingerprint density at radius 1 is 0.750 bits per heavy atom. The van der Waals surface area contributed by atoms with E-state index in [1.165, 1.54) is 4.90 Å². The molecule has 0 aliphatic carbocycles. The van der Waals surface area contributed by atoms with Gasteiger partial charge in [0.1, 0.15) is 6.04 Å². The van der Waals surface area contributed by atoms with Gasteiger partial charge in [-0.25, -0.2) is 4.90 Å². The molecule has 1 aliphatic heterocycles. The van der Waals surface area contributed by atoms with Crippen LogP contribution in [0.2, 0.25) is 0 Å². The second kappa shape index (κ2) is 7.84. The van der Waals surface area contributed by atoms with Gasteiger partial charge < -0.3 is 5.32 Å². The molecule has 138 valence electrons. The number of hydrogen-bond donors (Lipinski definition) is 1. The number of rotatable bonds is 5. The van der Waals surface area contributed by atoms with Crippen LogP contribution in [0.1, 0.15) is 6.42 Å². The molecule has 0 unspecified atom stereocenters. The molecule has 3 aromatic rings. The Bertz CT molecular complexity index is 1000. The van der Waals surface area contributed by atoms with Crippen molar-refractivity contribution >= 4 is 34.6 Å². The molecule has 6 heteroatoms. The lowest BCUT2D eigenvalue weighted by Gasteiger charge is -2.16. The van der Waals surface area contributed by atoms with Crippen LogP contribution in [0, 0.1) is 0 Å². The summed E-state index contributed by atoms with van der Waals surface area (Å²) in [6.45, 7) is 0. The molecule has 1 aliphatic rings. The third-order valence-corrected chi connectivity index (χ3v) is 4.41. The summed E-state index contributed by atoms with van der Waals surface area (Å²) < 4.78 is 0. The van der Waals surface area contributed by atoms with Crippen molar-refractivity contribution < 1.29 is 9.59 Å². The Hall–Kier alpha value is -3.80. The number of azo groups is 1. The first-order valence-corrected chi connectivity index (χ1v) is 8.96. The molecule has 28 heavy (non-hydrogen) atoms. The summed E-state index contributed by atoms with van der Waals surface area (Å²) in [5.74, 6) is -0.482. The number of benzene rings is 3. The highest BCUT2D eigenvalue weighted by Crippen LogP contribution is 2.27. The number of anilines is 2. The molecular weight excluding hydrogens is 352 g/mol. The van der Waals surface area contributed by atoms with Crippen LogP contribution in [0.15, 0.2) is 95.2 Å². The molecule has 6 nitrogen and oxygen atoms in total. The lowest BCUT2D eigenvalue weighted by Crippen LogP contribution is -2.34. The number of carbonyl (C=O) groups is 2. The van der Waals surface area contributed by atoms with E-state index < -0.39 is 6.04 Å². The minimum absolute atomic E-state index is 0.128. The van der Waals surface area contributed by atoms with Crippen molar-refractivity contribution in [2.24, 2.45) is 10.2 Å². The maximum atomic E-state index is 12.7. The predicted octanol–water partition coefficient (Wildman–Crippen LogP) is 4.85. The number of hydrogen-bond acceptors (Lipinski definition) is 5. The van der Waals surface area contributed by atoms with E-state index in [1.807, 2.05) is 60.7 Å². The van der Waals surface area contributed by atoms with Gasteiger partial charge in [0.2, 0.25) is 5.91 Å². The summed E-state index contributed by atoms with van der Waals surface area (Å²) >= 11 is 0. The fraction of sp³-hybridized carbons (Fsp3) is 0.0909. The largest absolute Gasteiger partial charge is 0.373 e. The third kappa shape index (κ3) is 3.81. The van der Waals surface area contributed by atoms with Gasteiger partial charge in [-0.2, -0.15) is 10.2 Å². The van der Waals surface area contributed by atoms with Crippen LogP contribution in [0.4, 0.5) is 22.7 Å². The van der Waals surface area contributed by atoms with Gasteiger partial charge in [0, 0.05) is 5.69 Å². The summed E-state index contributed by atoms with van der Waals surface area (Å²) in [5.41, 5.74) is 2.75. The lowest BCUT2D eigenvalue weighted by molar-refractivity contribution is -0.121. The van der Waals surface area contributed by atoms with Gasteiger partial charge in [-0.05, 0) is 48.5 Å². The Morgan fingerprint density at radius 3 is 1.96 bits per heavy atom. The second-order valence-electron chi connectivity index (χ2n) is 6.39. The highest BCUT2D eigenvalue weighted by atomic mass is 16.2. The first-order chi connectivity index (χ1) is 13.7. The van der Waals surface area contributed by atoms with Crippen LogP contribution in [-0.2, 0) is 9.59 Å². The molecule has 0 bridgehead atoms. The van der Waals surface area contributed by atoms with E-state index in [-0.39, 0.29) is 18.2 Å². The van der Waals surface area contributed by atoms with Crippen molar-refractivity contribution in [1.29, 1.82) is 0 Å². The Kier molecular flexibility index (Phi) is 4.93. The molecule has 0 saturated carbocycles. The fourth-order valence-electron chi connectivity index (χ4n) is 3.03. The van der Waals surface area contributed by atoms with Gasteiger partial charge >= 0.3 is 0 Å². The summed E-state index contributed by atoms with van der Waals surface area (Å²) in [5, 5.41) is 11.5. The maximum absolute atomic E-state index is 12.7. The van der Waals surface area contributed by atoms with Crippen LogP contribution in [0.5, 0.6) is 0 Å². The van der Waals surface area contributed by atoms with Crippen molar-refractivity contribution in [2.75, 3.05) is 10.2 Å². The van der Waals surface area contributed by atoms with E-state index in [4.69, 9.17) is 0 Å². The molecule has 2 amide bonds. The van der Waals surface area contributed by atoms with E-state index in [1.54, 1.807) is 24.3 Å². The van der Waals surface area contributed by atoms with Crippen molar-refractivity contribution in [1.82, 2.24) is 0 Å². The van der Waals surface area contributed by atoms with Crippen LogP contribution in [0.25, 0.3) is 0 Å². The molecule has 1 fully saturated rings. The molecular formula is C22H18N4O2. The maximum Gasteiger partial charge on any atom is 0.256 e. The minimum Gasteiger partial charge on any atom is -0.373 e. The zero-order valence-electron chi connectivity index (χ0n) is 15.0. The smallest absolute Gasteiger partial charge is 0.256 e. The monoisotopic (exact) mass is 370 g/mol. The van der Waals surface area contributed by atoms with Crippen LogP contribution < -0.4 is 10.2 Å². The first kappa shape index (κ1) is 17.6. The van der Waals surface area contributed by atoms with Crippen LogP contribution in [-0.4, -0.2) is 17.9 Å². The average Bonchev–Trinajstić information content (AvgIpc) is 3.01. The van der Waals surface area contributed by atoms with Gasteiger partial charge in [-0.1, -0.05) is 36.4 Å². The summed E-state index contributed by atoms with van der Waals surface area (Å²) in [6.07, 6.45) is 0.128. The van der Waals surface area contributed by atoms with Gasteiger partial charge in [0.05, 0.1) is 23.5 Å². The zero-order chi connectivity index (χ0) is 19.3. The number of imide groups is 1. The highest BCUT2D eigenvalue weighted by molar-refractivity contribution is 6.23.